The molecular weight excluding hydrogens is 310 g/mol. The second-order valence-corrected chi connectivity index (χ2v) is 12.4. The Balaban J connectivity index is 1.84. The average molecular weight is 335 g/mol. The highest BCUT2D eigenvalue weighted by atomic mass is 28.3. The quantitative estimate of drug-likeness (QED) is 0.505. The van der Waals surface area contributed by atoms with E-state index >= 15 is 0 Å². The zero-order valence-corrected chi connectivity index (χ0v) is 16.0. The summed E-state index contributed by atoms with van der Waals surface area (Å²) in [4.78, 5) is 7.50. The second-order valence-electron chi connectivity index (χ2n) is 8.08. The maximum Gasteiger partial charge on any atom is 0.203 e. The van der Waals surface area contributed by atoms with Gasteiger partial charge in [0, 0.05) is 37.3 Å². The highest BCUT2D eigenvalue weighted by Gasteiger charge is 2.36. The Morgan fingerprint density at radius 2 is 1.88 bits per heavy atom. The summed E-state index contributed by atoms with van der Waals surface area (Å²) in [6.07, 6.45) is 2.30. The molecule has 5 rings (SSSR count). The van der Waals surface area contributed by atoms with Gasteiger partial charge in [-0.05, 0) is 40.6 Å². The van der Waals surface area contributed by atoms with Gasteiger partial charge in [-0.15, -0.1) is 0 Å². The highest BCUT2D eigenvalue weighted by Crippen LogP contribution is 2.31. The van der Waals surface area contributed by atoms with Crippen molar-refractivity contribution in [1.82, 2.24) is 4.58 Å². The minimum atomic E-state index is -1.72. The molecule has 122 valence electrons. The van der Waals surface area contributed by atoms with Crippen LogP contribution < -0.4 is 30.6 Å². The molecule has 0 unspecified atom stereocenters. The van der Waals surface area contributed by atoms with Crippen LogP contribution in [0.1, 0.15) is 11.1 Å². The van der Waals surface area contributed by atoms with Crippen molar-refractivity contribution in [3.63, 3.8) is 0 Å². The molecule has 3 aliphatic rings. The molecule has 0 fully saturated rings. The van der Waals surface area contributed by atoms with Gasteiger partial charge in [0.2, 0.25) is 5.36 Å². The van der Waals surface area contributed by atoms with Gasteiger partial charge in [-0.2, -0.15) is 0 Å². The van der Waals surface area contributed by atoms with Crippen molar-refractivity contribution in [2.45, 2.75) is 25.9 Å². The molecule has 0 aromatic heterocycles. The van der Waals surface area contributed by atoms with Gasteiger partial charge in [-0.1, -0.05) is 13.1 Å². The zero-order chi connectivity index (χ0) is 16.6. The lowest BCUT2D eigenvalue weighted by molar-refractivity contribution is 0.720. The predicted molar refractivity (Wildman–Crippen MR) is 103 cm³/mol. The summed E-state index contributed by atoms with van der Waals surface area (Å²) in [6.45, 7) is 7.24. The molecule has 2 aromatic carbocycles. The van der Waals surface area contributed by atoms with Gasteiger partial charge in [0.05, 0.1) is 11.0 Å². The van der Waals surface area contributed by atoms with E-state index in [1.54, 1.807) is 0 Å². The fraction of sp³-hybridized carbons (Fsp3) is 0.400. The molecule has 3 nitrogen and oxygen atoms in total. The standard InChI is InChI=1S/C20H24N3Si/c1-22-7-5-13-9-15-19(11-17(13)22)24(3,4)20-12-18-14(6-8-23(18)2)10-16(20)21-15/h9-12H,5-8H2,1-4H3/q+1. The Morgan fingerprint density at radius 3 is 2.71 bits per heavy atom. The topological polar surface area (TPSA) is 18.6 Å². The number of hydrogen-bond acceptors (Lipinski definition) is 2. The maximum absolute atomic E-state index is 5.11. The summed E-state index contributed by atoms with van der Waals surface area (Å²) < 4.78 is 2.39. The van der Waals surface area contributed by atoms with Crippen LogP contribution in [0.4, 0.5) is 11.4 Å². The lowest BCUT2D eigenvalue weighted by Crippen LogP contribution is -2.62. The van der Waals surface area contributed by atoms with Crippen LogP contribution in [-0.2, 0) is 12.8 Å². The normalized spacial score (nSPS) is 19.5. The van der Waals surface area contributed by atoms with Crippen molar-refractivity contribution in [2.24, 2.45) is 4.99 Å². The number of hydrogen-bond donors (Lipinski definition) is 0. The fourth-order valence-corrected chi connectivity index (χ4v) is 7.45. The monoisotopic (exact) mass is 334 g/mol. The lowest BCUT2D eigenvalue weighted by atomic mass is 10.1. The summed E-state index contributed by atoms with van der Waals surface area (Å²) in [7, 11) is 2.70. The third kappa shape index (κ3) is 1.78. The van der Waals surface area contributed by atoms with Gasteiger partial charge in [0.1, 0.15) is 21.7 Å². The Kier molecular flexibility index (Phi) is 2.74. The molecule has 0 N–H and O–H groups in total. The Morgan fingerprint density at radius 1 is 1.04 bits per heavy atom. The molecule has 0 saturated heterocycles. The van der Waals surface area contributed by atoms with Gasteiger partial charge in [-0.25, -0.2) is 9.57 Å². The van der Waals surface area contributed by atoms with Gasteiger partial charge < -0.3 is 4.90 Å². The molecular formula is C20H24N3Si+. The Hall–Kier alpha value is -1.94. The predicted octanol–water partition coefficient (Wildman–Crippen LogP) is 0.443. The van der Waals surface area contributed by atoms with Crippen LogP contribution in [-0.4, -0.2) is 35.3 Å². The molecule has 0 amide bonds. The van der Waals surface area contributed by atoms with Crippen molar-refractivity contribution in [3.8, 4) is 0 Å². The lowest BCUT2D eigenvalue weighted by Gasteiger charge is -2.30. The van der Waals surface area contributed by atoms with E-state index < -0.39 is 8.07 Å². The zero-order valence-electron chi connectivity index (χ0n) is 15.0. The van der Waals surface area contributed by atoms with Gasteiger partial charge in [-0.3, -0.25) is 0 Å². The first-order valence-corrected chi connectivity index (χ1v) is 11.9. The number of rotatable bonds is 0. The Bertz CT molecular complexity index is 1020. The molecule has 0 saturated carbocycles. The van der Waals surface area contributed by atoms with Crippen LogP contribution in [0.3, 0.4) is 0 Å². The van der Waals surface area contributed by atoms with E-state index in [9.17, 15) is 0 Å². The molecule has 0 atom stereocenters. The molecule has 3 heterocycles. The fourth-order valence-electron chi connectivity index (χ4n) is 4.63. The average Bonchev–Trinajstić information content (AvgIpc) is 3.08. The van der Waals surface area contributed by atoms with Crippen molar-refractivity contribution in [1.29, 1.82) is 0 Å². The minimum absolute atomic E-state index is 1.13. The number of benzene rings is 2. The van der Waals surface area contributed by atoms with Crippen LogP contribution in [0.5, 0.6) is 0 Å². The summed E-state index contributed by atoms with van der Waals surface area (Å²) in [6, 6.07) is 9.64. The third-order valence-electron chi connectivity index (χ3n) is 6.24. The molecule has 3 aliphatic heterocycles. The first kappa shape index (κ1) is 14.4. The third-order valence-corrected chi connectivity index (χ3v) is 9.73. The summed E-state index contributed by atoms with van der Waals surface area (Å²) in [5.74, 6) is 0. The highest BCUT2D eigenvalue weighted by molar-refractivity contribution is 7.01. The maximum atomic E-state index is 5.11. The van der Waals surface area contributed by atoms with E-state index in [0.29, 0.717) is 0 Å². The van der Waals surface area contributed by atoms with Crippen molar-refractivity contribution in [3.05, 3.63) is 46.1 Å². The van der Waals surface area contributed by atoms with Crippen LogP contribution >= 0.6 is 0 Å². The smallest absolute Gasteiger partial charge is 0.203 e. The first-order chi connectivity index (χ1) is 11.4. The van der Waals surface area contributed by atoms with Crippen LogP contribution in [0, 0.1) is 0 Å². The van der Waals surface area contributed by atoms with Crippen LogP contribution in [0.15, 0.2) is 29.3 Å². The number of anilines is 1. The van der Waals surface area contributed by atoms with E-state index in [1.807, 2.05) is 0 Å². The van der Waals surface area contributed by atoms with Gasteiger partial charge in [0.25, 0.3) is 0 Å². The van der Waals surface area contributed by atoms with Crippen molar-refractivity contribution in [2.75, 3.05) is 32.1 Å². The van der Waals surface area contributed by atoms with E-state index in [1.165, 1.54) is 43.6 Å². The summed E-state index contributed by atoms with van der Waals surface area (Å²) in [5, 5.41) is 5.66. The van der Waals surface area contributed by atoms with E-state index in [-0.39, 0.29) is 0 Å². The Labute approximate surface area is 144 Å². The van der Waals surface area contributed by atoms with Crippen molar-refractivity contribution < 1.29 is 0 Å². The molecule has 0 aliphatic carbocycles. The minimum Gasteiger partial charge on any atom is -0.374 e. The number of likely N-dealkylation sites (N-methyl/N-ethyl adjacent to an activating group) is 2. The van der Waals surface area contributed by atoms with E-state index in [0.717, 1.165) is 25.9 Å². The van der Waals surface area contributed by atoms with E-state index in [4.69, 9.17) is 4.99 Å². The summed E-state index contributed by atoms with van der Waals surface area (Å²) >= 11 is 0. The van der Waals surface area contributed by atoms with Gasteiger partial charge in [0.15, 0.2) is 0 Å². The largest absolute Gasteiger partial charge is 0.374 e. The molecule has 4 heteroatoms. The first-order valence-electron chi connectivity index (χ1n) is 8.94. The molecule has 24 heavy (non-hydrogen) atoms. The molecule has 2 aromatic rings. The second kappa shape index (κ2) is 4.57. The number of nitrogens with zero attached hydrogens (tertiary/aromatic N) is 3. The number of fused-ring (bicyclic) bond motifs is 4. The molecule has 0 bridgehead atoms. The van der Waals surface area contributed by atoms with E-state index in [2.05, 4.69) is 60.9 Å². The van der Waals surface area contributed by atoms with Gasteiger partial charge >= 0.3 is 0 Å². The van der Waals surface area contributed by atoms with Crippen molar-refractivity contribution >= 4 is 29.8 Å². The van der Waals surface area contributed by atoms with Crippen LogP contribution in [0.25, 0.3) is 0 Å². The molecule has 0 spiro atoms. The summed E-state index contributed by atoms with van der Waals surface area (Å²) in [5.41, 5.74) is 5.59. The van der Waals surface area contributed by atoms with Crippen LogP contribution in [0.2, 0.25) is 13.1 Å². The SMILES string of the molecule is CN1CCc2cc3c(cc21)[Si](C)(C)c1cc2c(cc1=N3)CC[N+]=2C. The molecule has 0 radical (unpaired) electrons.